The lowest BCUT2D eigenvalue weighted by atomic mass is 9.84. The lowest BCUT2D eigenvalue weighted by molar-refractivity contribution is -0.147. The van der Waals surface area contributed by atoms with Crippen LogP contribution in [0.15, 0.2) is 42.5 Å². The monoisotopic (exact) mass is 476 g/mol. The Labute approximate surface area is 214 Å². The maximum atomic E-state index is 12.7. The fourth-order valence-electron chi connectivity index (χ4n) is 5.43. The average molecular weight is 477 g/mol. The van der Waals surface area contributed by atoms with Gasteiger partial charge in [0, 0.05) is 12.0 Å². The Bertz CT molecular complexity index is 921. The summed E-state index contributed by atoms with van der Waals surface area (Å²) in [6.07, 6.45) is 22.7. The Morgan fingerprint density at radius 2 is 1.29 bits per heavy atom. The molecule has 0 N–H and O–H groups in total. The van der Waals surface area contributed by atoms with Crippen LogP contribution in [-0.4, -0.2) is 5.97 Å². The van der Waals surface area contributed by atoms with Crippen molar-refractivity contribution in [3.63, 3.8) is 0 Å². The molecule has 0 radical (unpaired) electrons. The van der Waals surface area contributed by atoms with Crippen LogP contribution in [0.4, 0.5) is 0 Å². The molecule has 2 nitrogen and oxygen atoms in total. The molecule has 0 saturated heterocycles. The van der Waals surface area contributed by atoms with Crippen LogP contribution in [0.5, 0.6) is 0 Å². The standard InChI is InChI=1S/C33H48O2/c1-3-5-7-9-11-13-14-16-20-28-26-31(35-32(34)25-17-15-12-10-8-6-4-2)30-24-19-22-27-21-18-23-29(28)33(27)30/h18-19,21-24,26,31H,3-17,20,25H2,1-2H3. The van der Waals surface area contributed by atoms with Gasteiger partial charge in [0.1, 0.15) is 6.10 Å². The van der Waals surface area contributed by atoms with Crippen molar-refractivity contribution in [1.29, 1.82) is 0 Å². The molecule has 0 bridgehead atoms. The molecule has 1 unspecified atom stereocenters. The number of carbonyl (C=O) groups is 1. The SMILES string of the molecule is CCCCCCCCCCC1=CC(OC(=O)CCCCCCCCC)c2cccc3cccc1c23. The second kappa shape index (κ2) is 15.8. The second-order valence-corrected chi connectivity index (χ2v) is 10.4. The number of carbonyl (C=O) groups excluding carboxylic acids is 1. The summed E-state index contributed by atoms with van der Waals surface area (Å²) in [4.78, 5) is 12.7. The van der Waals surface area contributed by atoms with Gasteiger partial charge in [-0.3, -0.25) is 4.79 Å². The Balaban J connectivity index is 1.56. The lowest BCUT2D eigenvalue weighted by Gasteiger charge is -2.25. The Morgan fingerprint density at radius 3 is 1.94 bits per heavy atom. The predicted molar refractivity (Wildman–Crippen MR) is 151 cm³/mol. The maximum Gasteiger partial charge on any atom is 0.306 e. The first-order chi connectivity index (χ1) is 17.2. The van der Waals surface area contributed by atoms with Crippen molar-refractivity contribution in [2.75, 3.05) is 0 Å². The van der Waals surface area contributed by atoms with Crippen LogP contribution in [0.3, 0.4) is 0 Å². The van der Waals surface area contributed by atoms with E-state index in [1.54, 1.807) is 0 Å². The molecule has 2 aromatic rings. The highest BCUT2D eigenvalue weighted by Gasteiger charge is 2.24. The van der Waals surface area contributed by atoms with E-state index in [2.05, 4.69) is 56.3 Å². The first kappa shape index (κ1) is 27.5. The minimum atomic E-state index is -0.255. The van der Waals surface area contributed by atoms with Gasteiger partial charge < -0.3 is 4.74 Å². The molecule has 0 aliphatic heterocycles. The smallest absolute Gasteiger partial charge is 0.306 e. The zero-order valence-electron chi connectivity index (χ0n) is 22.5. The average Bonchev–Trinajstić information content (AvgIpc) is 2.87. The van der Waals surface area contributed by atoms with Crippen LogP contribution in [0.1, 0.15) is 140 Å². The number of allylic oxidation sites excluding steroid dienone is 1. The summed E-state index contributed by atoms with van der Waals surface area (Å²) >= 11 is 0. The number of hydrogen-bond donors (Lipinski definition) is 0. The van der Waals surface area contributed by atoms with Gasteiger partial charge in [-0.05, 0) is 47.2 Å². The molecule has 0 amide bonds. The Hall–Kier alpha value is -2.09. The van der Waals surface area contributed by atoms with E-state index in [0.717, 1.165) is 24.8 Å². The number of ether oxygens (including phenoxy) is 1. The van der Waals surface area contributed by atoms with Crippen LogP contribution < -0.4 is 0 Å². The lowest BCUT2D eigenvalue weighted by Crippen LogP contribution is -2.13. The first-order valence-corrected chi connectivity index (χ1v) is 14.7. The summed E-state index contributed by atoms with van der Waals surface area (Å²) in [5.74, 6) is -0.0531. The van der Waals surface area contributed by atoms with Crippen LogP contribution in [0, 0.1) is 0 Å². The van der Waals surface area contributed by atoms with Crippen LogP contribution >= 0.6 is 0 Å². The molecular formula is C33H48O2. The number of unbranched alkanes of at least 4 members (excludes halogenated alkanes) is 13. The molecule has 0 aromatic heterocycles. The van der Waals surface area contributed by atoms with E-state index >= 15 is 0 Å². The summed E-state index contributed by atoms with van der Waals surface area (Å²) in [5.41, 5.74) is 3.83. The highest BCUT2D eigenvalue weighted by Crippen LogP contribution is 2.41. The van der Waals surface area contributed by atoms with E-state index in [0.29, 0.717) is 6.42 Å². The van der Waals surface area contributed by atoms with Gasteiger partial charge in [0.05, 0.1) is 0 Å². The molecule has 0 fully saturated rings. The Morgan fingerprint density at radius 1 is 0.714 bits per heavy atom. The van der Waals surface area contributed by atoms with Crippen molar-refractivity contribution >= 4 is 22.3 Å². The van der Waals surface area contributed by atoms with Crippen LogP contribution in [-0.2, 0) is 9.53 Å². The summed E-state index contributed by atoms with van der Waals surface area (Å²) in [6.45, 7) is 4.52. The van der Waals surface area contributed by atoms with Crippen molar-refractivity contribution in [3.8, 4) is 0 Å². The fraction of sp³-hybridized carbons (Fsp3) is 0.606. The highest BCUT2D eigenvalue weighted by atomic mass is 16.5. The third-order valence-corrected chi connectivity index (χ3v) is 7.48. The highest BCUT2D eigenvalue weighted by molar-refractivity contribution is 5.98. The molecule has 0 heterocycles. The summed E-state index contributed by atoms with van der Waals surface area (Å²) in [7, 11) is 0. The quantitative estimate of drug-likeness (QED) is 0.158. The number of benzene rings is 2. The van der Waals surface area contributed by atoms with Gasteiger partial charge in [0.25, 0.3) is 0 Å². The number of rotatable bonds is 18. The van der Waals surface area contributed by atoms with Gasteiger partial charge in [-0.25, -0.2) is 0 Å². The van der Waals surface area contributed by atoms with Gasteiger partial charge in [-0.1, -0.05) is 134 Å². The summed E-state index contributed by atoms with van der Waals surface area (Å²) < 4.78 is 6.08. The fourth-order valence-corrected chi connectivity index (χ4v) is 5.43. The molecule has 0 spiro atoms. The van der Waals surface area contributed by atoms with E-state index < -0.39 is 0 Å². The van der Waals surface area contributed by atoms with E-state index in [1.165, 1.54) is 105 Å². The van der Waals surface area contributed by atoms with Crippen molar-refractivity contribution in [1.82, 2.24) is 0 Å². The summed E-state index contributed by atoms with van der Waals surface area (Å²) in [5, 5.41) is 2.52. The number of hydrogen-bond acceptors (Lipinski definition) is 2. The summed E-state index contributed by atoms with van der Waals surface area (Å²) in [6, 6.07) is 13.0. The molecule has 0 saturated carbocycles. The van der Waals surface area contributed by atoms with Gasteiger partial charge in [-0.15, -0.1) is 0 Å². The first-order valence-electron chi connectivity index (χ1n) is 14.7. The van der Waals surface area contributed by atoms with Crippen molar-refractivity contribution in [2.45, 2.75) is 129 Å². The molecule has 2 heteroatoms. The van der Waals surface area contributed by atoms with Crippen LogP contribution in [0.2, 0.25) is 0 Å². The molecule has 3 rings (SSSR count). The van der Waals surface area contributed by atoms with Gasteiger partial charge in [0.15, 0.2) is 0 Å². The van der Waals surface area contributed by atoms with E-state index in [1.807, 2.05) is 0 Å². The zero-order chi connectivity index (χ0) is 24.7. The van der Waals surface area contributed by atoms with Crippen molar-refractivity contribution in [3.05, 3.63) is 53.6 Å². The molecular weight excluding hydrogens is 428 g/mol. The third-order valence-electron chi connectivity index (χ3n) is 7.48. The Kier molecular flexibility index (Phi) is 12.4. The maximum absolute atomic E-state index is 12.7. The van der Waals surface area contributed by atoms with Gasteiger partial charge in [-0.2, -0.15) is 0 Å². The third kappa shape index (κ3) is 8.81. The largest absolute Gasteiger partial charge is 0.453 e. The molecule has 1 aliphatic carbocycles. The zero-order valence-corrected chi connectivity index (χ0v) is 22.5. The van der Waals surface area contributed by atoms with Crippen molar-refractivity contribution < 1.29 is 9.53 Å². The molecule has 35 heavy (non-hydrogen) atoms. The molecule has 1 atom stereocenters. The minimum absolute atomic E-state index is 0.0531. The van der Waals surface area contributed by atoms with Gasteiger partial charge in [0.2, 0.25) is 0 Å². The van der Waals surface area contributed by atoms with E-state index in [4.69, 9.17) is 4.74 Å². The minimum Gasteiger partial charge on any atom is -0.453 e. The normalized spacial score (nSPS) is 14.8. The van der Waals surface area contributed by atoms with Crippen LogP contribution in [0.25, 0.3) is 16.3 Å². The molecule has 192 valence electrons. The van der Waals surface area contributed by atoms with Crippen molar-refractivity contribution in [2.24, 2.45) is 0 Å². The van der Waals surface area contributed by atoms with E-state index in [-0.39, 0.29) is 12.1 Å². The van der Waals surface area contributed by atoms with E-state index in [9.17, 15) is 4.79 Å². The second-order valence-electron chi connectivity index (χ2n) is 10.4. The number of esters is 1. The topological polar surface area (TPSA) is 26.3 Å². The molecule has 1 aliphatic rings. The molecule has 2 aromatic carbocycles. The van der Waals surface area contributed by atoms with Gasteiger partial charge >= 0.3 is 5.97 Å². The predicted octanol–water partition coefficient (Wildman–Crippen LogP) is 10.5.